The maximum atomic E-state index is 12.7. The molecule has 0 bridgehead atoms. The predicted molar refractivity (Wildman–Crippen MR) is 116 cm³/mol. The van der Waals surface area contributed by atoms with Crippen molar-refractivity contribution in [1.82, 2.24) is 4.90 Å². The van der Waals surface area contributed by atoms with Gasteiger partial charge in [-0.3, -0.25) is 9.59 Å². The van der Waals surface area contributed by atoms with Crippen LogP contribution in [0.15, 0.2) is 42.2 Å². The number of aliphatic hydroxyl groups excluding tert-OH is 1. The van der Waals surface area contributed by atoms with Crippen LogP contribution in [0.25, 0.3) is 6.08 Å². The molecule has 32 heavy (non-hydrogen) atoms. The number of ketones is 1. The Morgan fingerprint density at radius 2 is 2.00 bits per heavy atom. The van der Waals surface area contributed by atoms with E-state index in [-0.39, 0.29) is 36.7 Å². The Labute approximate surface area is 185 Å². The number of benzene rings is 2. The highest BCUT2D eigenvalue weighted by atomic mass is 16.5. The molecule has 168 valence electrons. The Morgan fingerprint density at radius 3 is 2.75 bits per heavy atom. The second kappa shape index (κ2) is 9.32. The zero-order valence-corrected chi connectivity index (χ0v) is 18.0. The quantitative estimate of drug-likeness (QED) is 0.663. The number of allylic oxidation sites excluding steroid dienone is 1. The van der Waals surface area contributed by atoms with Crippen LogP contribution in [0.2, 0.25) is 0 Å². The Kier molecular flexibility index (Phi) is 6.32. The number of hydrogen-bond acceptors (Lipinski definition) is 7. The fraction of sp³-hybridized carbons (Fsp3) is 0.333. The molecule has 2 aromatic carbocycles. The number of rotatable bonds is 7. The molecule has 8 heteroatoms. The first-order valence-corrected chi connectivity index (χ1v) is 10.4. The molecule has 0 radical (unpaired) electrons. The normalized spacial score (nSPS) is 18.5. The van der Waals surface area contributed by atoms with Crippen LogP contribution in [0.1, 0.15) is 28.8 Å². The van der Waals surface area contributed by atoms with Crippen molar-refractivity contribution in [2.45, 2.75) is 18.9 Å². The van der Waals surface area contributed by atoms with Crippen molar-refractivity contribution in [2.24, 2.45) is 0 Å². The summed E-state index contributed by atoms with van der Waals surface area (Å²) in [6, 6.07) is 10.0. The standard InChI is InChI=1S/C24H25NO7/c1-29-19-8-5-15(10-21(19)30-2)11-22-24(28)18-7-6-17(12-20(18)32-22)31-14-23(27)25-9-3-4-16(25)13-26/h5-8,10-12,16,26H,3-4,9,13-14H2,1-2H3/b22-11-. The van der Waals surface area contributed by atoms with E-state index in [2.05, 4.69) is 0 Å². The number of ether oxygens (including phenoxy) is 4. The van der Waals surface area contributed by atoms with Crippen molar-refractivity contribution < 1.29 is 33.6 Å². The largest absolute Gasteiger partial charge is 0.493 e. The minimum atomic E-state index is -0.236. The monoisotopic (exact) mass is 439 g/mol. The number of nitrogens with zero attached hydrogens (tertiary/aromatic N) is 1. The van der Waals surface area contributed by atoms with Gasteiger partial charge < -0.3 is 29.0 Å². The minimum Gasteiger partial charge on any atom is -0.493 e. The molecule has 1 unspecified atom stereocenters. The Bertz CT molecular complexity index is 1060. The highest BCUT2D eigenvalue weighted by Crippen LogP contribution is 2.36. The number of hydrogen-bond donors (Lipinski definition) is 1. The molecule has 1 amide bonds. The number of likely N-dealkylation sites (tertiary alicyclic amines) is 1. The Morgan fingerprint density at radius 1 is 1.19 bits per heavy atom. The number of methoxy groups -OCH3 is 2. The predicted octanol–water partition coefficient (Wildman–Crippen LogP) is 2.68. The fourth-order valence-electron chi connectivity index (χ4n) is 3.93. The molecule has 4 rings (SSSR count). The topological polar surface area (TPSA) is 94.5 Å². The second-order valence-electron chi connectivity index (χ2n) is 7.57. The summed E-state index contributed by atoms with van der Waals surface area (Å²) in [5.74, 6) is 1.72. The lowest BCUT2D eigenvalue weighted by Gasteiger charge is -2.22. The summed E-state index contributed by atoms with van der Waals surface area (Å²) in [4.78, 5) is 26.8. The van der Waals surface area contributed by atoms with Crippen LogP contribution in [0.3, 0.4) is 0 Å². The highest BCUT2D eigenvalue weighted by molar-refractivity contribution is 6.14. The van der Waals surface area contributed by atoms with Crippen LogP contribution in [-0.4, -0.2) is 61.7 Å². The average molecular weight is 439 g/mol. The molecule has 1 N–H and O–H groups in total. The lowest BCUT2D eigenvalue weighted by atomic mass is 10.1. The number of Topliss-reactive ketones (excluding diaryl/α,β-unsaturated/α-hetero) is 1. The number of carbonyl (C=O) groups is 2. The van der Waals surface area contributed by atoms with Gasteiger partial charge in [-0.1, -0.05) is 6.07 Å². The van der Waals surface area contributed by atoms with Crippen molar-refractivity contribution in [2.75, 3.05) is 34.0 Å². The van der Waals surface area contributed by atoms with E-state index in [0.717, 1.165) is 18.4 Å². The molecular weight excluding hydrogens is 414 g/mol. The van der Waals surface area contributed by atoms with Crippen molar-refractivity contribution in [3.8, 4) is 23.0 Å². The lowest BCUT2D eigenvalue weighted by molar-refractivity contribution is -0.134. The molecular formula is C24H25NO7. The molecule has 2 aliphatic heterocycles. The van der Waals surface area contributed by atoms with Gasteiger partial charge in [0, 0.05) is 12.6 Å². The molecule has 1 fully saturated rings. The fourth-order valence-corrected chi connectivity index (χ4v) is 3.93. The van der Waals surface area contributed by atoms with Crippen LogP contribution in [-0.2, 0) is 4.79 Å². The summed E-state index contributed by atoms with van der Waals surface area (Å²) < 4.78 is 21.9. The zero-order chi connectivity index (χ0) is 22.7. The molecule has 2 heterocycles. The van der Waals surface area contributed by atoms with Gasteiger partial charge in [0.25, 0.3) is 5.91 Å². The van der Waals surface area contributed by atoms with E-state index in [0.29, 0.717) is 35.1 Å². The Balaban J connectivity index is 1.45. The van der Waals surface area contributed by atoms with Gasteiger partial charge in [0.05, 0.1) is 32.4 Å². The molecule has 2 aliphatic rings. The summed E-state index contributed by atoms with van der Waals surface area (Å²) in [6.45, 7) is 0.437. The van der Waals surface area contributed by atoms with Gasteiger partial charge in [-0.2, -0.15) is 0 Å². The Hall–Kier alpha value is -3.52. The zero-order valence-electron chi connectivity index (χ0n) is 18.0. The van der Waals surface area contributed by atoms with E-state index >= 15 is 0 Å². The molecule has 0 spiro atoms. The first-order chi connectivity index (χ1) is 15.5. The number of fused-ring (bicyclic) bond motifs is 1. The van der Waals surface area contributed by atoms with Gasteiger partial charge >= 0.3 is 0 Å². The SMILES string of the molecule is COc1ccc(/C=C2\Oc3cc(OCC(=O)N4CCCC4CO)ccc3C2=O)cc1OC. The molecule has 2 aromatic rings. The molecule has 0 aliphatic carbocycles. The maximum absolute atomic E-state index is 12.7. The smallest absolute Gasteiger partial charge is 0.260 e. The minimum absolute atomic E-state index is 0.0459. The lowest BCUT2D eigenvalue weighted by Crippen LogP contribution is -2.40. The van der Waals surface area contributed by atoms with Crippen LogP contribution < -0.4 is 18.9 Å². The van der Waals surface area contributed by atoms with Crippen LogP contribution in [0.4, 0.5) is 0 Å². The van der Waals surface area contributed by atoms with E-state index in [1.807, 2.05) is 0 Å². The summed E-state index contributed by atoms with van der Waals surface area (Å²) in [6.07, 6.45) is 3.31. The third-order valence-electron chi connectivity index (χ3n) is 5.62. The molecule has 1 atom stereocenters. The van der Waals surface area contributed by atoms with Crippen LogP contribution >= 0.6 is 0 Å². The van der Waals surface area contributed by atoms with E-state index < -0.39 is 0 Å². The number of carbonyl (C=O) groups excluding carboxylic acids is 2. The third kappa shape index (κ3) is 4.27. The van der Waals surface area contributed by atoms with Crippen molar-refractivity contribution in [3.63, 3.8) is 0 Å². The van der Waals surface area contributed by atoms with Gasteiger partial charge in [-0.25, -0.2) is 0 Å². The molecule has 1 saturated heterocycles. The summed E-state index contributed by atoms with van der Waals surface area (Å²) in [5.41, 5.74) is 1.15. The number of amides is 1. The summed E-state index contributed by atoms with van der Waals surface area (Å²) >= 11 is 0. The van der Waals surface area contributed by atoms with Gasteiger partial charge in [0.15, 0.2) is 23.9 Å². The summed E-state index contributed by atoms with van der Waals surface area (Å²) in [5, 5.41) is 9.39. The first-order valence-electron chi connectivity index (χ1n) is 10.4. The van der Waals surface area contributed by atoms with E-state index in [1.165, 1.54) is 0 Å². The molecule has 0 saturated carbocycles. The molecule has 0 aromatic heterocycles. The van der Waals surface area contributed by atoms with E-state index in [4.69, 9.17) is 18.9 Å². The highest BCUT2D eigenvalue weighted by Gasteiger charge is 2.30. The van der Waals surface area contributed by atoms with Crippen molar-refractivity contribution >= 4 is 17.8 Å². The average Bonchev–Trinajstić information content (AvgIpc) is 3.41. The first kappa shape index (κ1) is 21.7. The second-order valence-corrected chi connectivity index (χ2v) is 7.57. The van der Waals surface area contributed by atoms with Crippen LogP contribution in [0.5, 0.6) is 23.0 Å². The summed E-state index contributed by atoms with van der Waals surface area (Å²) in [7, 11) is 3.10. The van der Waals surface area contributed by atoms with Crippen molar-refractivity contribution in [3.05, 3.63) is 53.3 Å². The van der Waals surface area contributed by atoms with E-state index in [1.54, 1.807) is 61.6 Å². The van der Waals surface area contributed by atoms with Gasteiger partial charge in [0.1, 0.15) is 11.5 Å². The van der Waals surface area contributed by atoms with E-state index in [9.17, 15) is 14.7 Å². The number of aliphatic hydroxyl groups is 1. The maximum Gasteiger partial charge on any atom is 0.260 e. The molecule has 8 nitrogen and oxygen atoms in total. The van der Waals surface area contributed by atoms with Crippen molar-refractivity contribution in [1.29, 1.82) is 0 Å². The van der Waals surface area contributed by atoms with Crippen LogP contribution in [0, 0.1) is 0 Å². The van der Waals surface area contributed by atoms with Gasteiger partial charge in [-0.05, 0) is 48.7 Å². The third-order valence-corrected chi connectivity index (χ3v) is 5.62. The van der Waals surface area contributed by atoms with Gasteiger partial charge in [-0.15, -0.1) is 0 Å². The van der Waals surface area contributed by atoms with Gasteiger partial charge in [0.2, 0.25) is 5.78 Å².